The number of nitriles is 1. The van der Waals surface area contributed by atoms with Crippen molar-refractivity contribution in [3.8, 4) is 6.07 Å². The Hall–Kier alpha value is -1.85. The van der Waals surface area contributed by atoms with E-state index in [0.717, 1.165) is 0 Å². The van der Waals surface area contributed by atoms with Crippen molar-refractivity contribution in [1.82, 2.24) is 9.78 Å². The lowest BCUT2D eigenvalue weighted by Crippen LogP contribution is -2.12. The van der Waals surface area contributed by atoms with Crippen LogP contribution in [0.15, 0.2) is 6.08 Å². The van der Waals surface area contributed by atoms with Crippen LogP contribution in [-0.4, -0.2) is 41.8 Å². The average molecular weight is 358 g/mol. The number of carbonyl (C=O) groups excluding carboxylic acids is 1. The van der Waals surface area contributed by atoms with Gasteiger partial charge >= 0.3 is 5.97 Å². The number of hydrogen-bond acceptors (Lipinski definition) is 6. The molecule has 0 bridgehead atoms. The molecule has 9 heteroatoms. The van der Waals surface area contributed by atoms with Gasteiger partial charge < -0.3 is 4.74 Å². The highest BCUT2D eigenvalue weighted by Crippen LogP contribution is 2.30. The number of carbonyl (C=O) groups is 1. The Labute approximate surface area is 139 Å². The molecule has 1 aliphatic heterocycles. The number of rotatable bonds is 4. The van der Waals surface area contributed by atoms with Crippen molar-refractivity contribution in [1.29, 1.82) is 5.26 Å². The van der Waals surface area contributed by atoms with Crippen molar-refractivity contribution in [2.45, 2.75) is 32.4 Å². The summed E-state index contributed by atoms with van der Waals surface area (Å²) in [5.74, 6) is -0.527. The summed E-state index contributed by atoms with van der Waals surface area (Å²) >= 11 is 6.27. The third kappa shape index (κ3) is 4.12. The van der Waals surface area contributed by atoms with Crippen molar-refractivity contribution in [2.75, 3.05) is 11.5 Å². The highest BCUT2D eigenvalue weighted by molar-refractivity contribution is 7.91. The van der Waals surface area contributed by atoms with Gasteiger partial charge in [-0.3, -0.25) is 0 Å². The van der Waals surface area contributed by atoms with Gasteiger partial charge in [-0.15, -0.1) is 0 Å². The Morgan fingerprint density at radius 2 is 2.30 bits per heavy atom. The zero-order valence-corrected chi connectivity index (χ0v) is 14.3. The second-order valence-electron chi connectivity index (χ2n) is 5.33. The molecular formula is C14H16ClN3O4S. The lowest BCUT2D eigenvalue weighted by Gasteiger charge is -2.09. The van der Waals surface area contributed by atoms with E-state index in [-0.39, 0.29) is 22.7 Å². The van der Waals surface area contributed by atoms with Crippen molar-refractivity contribution < 1.29 is 17.9 Å². The first-order valence-electron chi connectivity index (χ1n) is 6.97. The maximum Gasteiger partial charge on any atom is 0.332 e. The second-order valence-corrected chi connectivity index (χ2v) is 7.92. The molecule has 0 saturated carbocycles. The summed E-state index contributed by atoms with van der Waals surface area (Å²) < 4.78 is 29.4. The van der Waals surface area contributed by atoms with E-state index in [0.29, 0.717) is 17.7 Å². The fourth-order valence-electron chi connectivity index (χ4n) is 2.32. The Kier molecular flexibility index (Phi) is 5.12. The average Bonchev–Trinajstić information content (AvgIpc) is 2.96. The van der Waals surface area contributed by atoms with Crippen LogP contribution in [0.1, 0.15) is 30.6 Å². The topological polar surface area (TPSA) is 102 Å². The van der Waals surface area contributed by atoms with Gasteiger partial charge in [0.2, 0.25) is 0 Å². The van der Waals surface area contributed by atoms with Crippen molar-refractivity contribution in [3.05, 3.63) is 22.5 Å². The third-order valence-electron chi connectivity index (χ3n) is 3.49. The molecular weight excluding hydrogens is 342 g/mol. The standard InChI is InChI=1S/C14H16ClN3O4S/c1-9(7-16)22-13(19)4-3-12-10(2)17-18(14(12)15)11-5-6-23(20,21)8-11/h3-4,9,11H,5-6,8H2,1-2H3/b4-3+/t9-,11+/m1/s1. The van der Waals surface area contributed by atoms with Gasteiger partial charge in [-0.05, 0) is 26.3 Å². The lowest BCUT2D eigenvalue weighted by atomic mass is 10.2. The van der Waals surface area contributed by atoms with Gasteiger partial charge in [0.15, 0.2) is 15.9 Å². The maximum absolute atomic E-state index is 11.6. The molecule has 7 nitrogen and oxygen atoms in total. The van der Waals surface area contributed by atoms with Crippen LogP contribution in [0.4, 0.5) is 0 Å². The zero-order chi connectivity index (χ0) is 17.2. The van der Waals surface area contributed by atoms with Gasteiger partial charge in [0.25, 0.3) is 0 Å². The number of aryl methyl sites for hydroxylation is 1. The van der Waals surface area contributed by atoms with Crippen LogP contribution in [0.5, 0.6) is 0 Å². The van der Waals surface area contributed by atoms with Crippen LogP contribution in [0.2, 0.25) is 5.15 Å². The molecule has 1 aromatic heterocycles. The molecule has 0 N–H and O–H groups in total. The molecule has 124 valence electrons. The Morgan fingerprint density at radius 1 is 1.61 bits per heavy atom. The van der Waals surface area contributed by atoms with Crippen LogP contribution >= 0.6 is 11.6 Å². The van der Waals surface area contributed by atoms with Gasteiger partial charge in [-0.1, -0.05) is 11.6 Å². The summed E-state index contributed by atoms with van der Waals surface area (Å²) in [6.45, 7) is 3.18. The third-order valence-corrected chi connectivity index (χ3v) is 5.61. The van der Waals surface area contributed by atoms with Crippen LogP contribution in [0, 0.1) is 18.3 Å². The van der Waals surface area contributed by atoms with E-state index in [9.17, 15) is 13.2 Å². The van der Waals surface area contributed by atoms with E-state index < -0.39 is 21.9 Å². The lowest BCUT2D eigenvalue weighted by molar-refractivity contribution is -0.139. The van der Waals surface area contributed by atoms with Crippen LogP contribution in [0.3, 0.4) is 0 Å². The summed E-state index contributed by atoms with van der Waals surface area (Å²) in [6.07, 6.45) is 2.25. The molecule has 2 heterocycles. The van der Waals surface area contributed by atoms with Crippen LogP contribution in [0.25, 0.3) is 6.08 Å². The van der Waals surface area contributed by atoms with Gasteiger partial charge in [-0.2, -0.15) is 10.4 Å². The molecule has 0 aliphatic carbocycles. The second kappa shape index (κ2) is 6.72. The number of hydrogen-bond donors (Lipinski definition) is 0. The molecule has 0 amide bonds. The highest BCUT2D eigenvalue weighted by atomic mass is 35.5. The minimum atomic E-state index is -3.05. The first-order valence-corrected chi connectivity index (χ1v) is 9.17. The van der Waals surface area contributed by atoms with Crippen molar-refractivity contribution >= 4 is 33.5 Å². The number of sulfone groups is 1. The molecule has 2 atom stereocenters. The monoisotopic (exact) mass is 357 g/mol. The first kappa shape index (κ1) is 17.5. The van der Waals surface area contributed by atoms with E-state index in [1.54, 1.807) is 13.0 Å². The van der Waals surface area contributed by atoms with E-state index in [1.165, 1.54) is 23.8 Å². The van der Waals surface area contributed by atoms with Gasteiger partial charge in [0.05, 0.1) is 23.2 Å². The minimum Gasteiger partial charge on any atom is -0.444 e. The largest absolute Gasteiger partial charge is 0.444 e. The van der Waals surface area contributed by atoms with E-state index >= 15 is 0 Å². The first-order chi connectivity index (χ1) is 10.7. The summed E-state index contributed by atoms with van der Waals surface area (Å²) in [4.78, 5) is 11.5. The molecule has 1 saturated heterocycles. The predicted molar refractivity (Wildman–Crippen MR) is 84.5 cm³/mol. The van der Waals surface area contributed by atoms with E-state index in [1.807, 2.05) is 0 Å². The van der Waals surface area contributed by atoms with Crippen molar-refractivity contribution in [2.24, 2.45) is 0 Å². The molecule has 0 aromatic carbocycles. The number of esters is 1. The van der Waals surface area contributed by atoms with Crippen molar-refractivity contribution in [3.63, 3.8) is 0 Å². The summed E-state index contributed by atoms with van der Waals surface area (Å²) in [5, 5.41) is 13.1. The number of aromatic nitrogens is 2. The molecule has 0 spiro atoms. The molecule has 1 aliphatic rings. The predicted octanol–water partition coefficient (Wildman–Crippen LogP) is 1.67. The summed E-state index contributed by atoms with van der Waals surface area (Å²) in [6, 6.07) is 1.50. The zero-order valence-electron chi connectivity index (χ0n) is 12.7. The van der Waals surface area contributed by atoms with Gasteiger partial charge in [0.1, 0.15) is 11.2 Å². The number of halogens is 1. The fraction of sp³-hybridized carbons (Fsp3) is 0.500. The molecule has 0 radical (unpaired) electrons. The number of nitrogens with zero attached hydrogens (tertiary/aromatic N) is 3. The van der Waals surface area contributed by atoms with Gasteiger partial charge in [0, 0.05) is 11.6 Å². The Balaban J connectivity index is 2.19. The summed E-state index contributed by atoms with van der Waals surface area (Å²) in [5.41, 5.74) is 1.11. The van der Waals surface area contributed by atoms with Gasteiger partial charge in [-0.25, -0.2) is 17.9 Å². The molecule has 1 fully saturated rings. The fourth-order valence-corrected chi connectivity index (χ4v) is 4.39. The van der Waals surface area contributed by atoms with Crippen LogP contribution < -0.4 is 0 Å². The highest BCUT2D eigenvalue weighted by Gasteiger charge is 2.31. The normalized spacial score (nSPS) is 21.2. The number of ether oxygens (including phenoxy) is 1. The Bertz CT molecular complexity index is 792. The quantitative estimate of drug-likeness (QED) is 0.600. The maximum atomic E-state index is 11.6. The van der Waals surface area contributed by atoms with Crippen LogP contribution in [-0.2, 0) is 19.4 Å². The smallest absolute Gasteiger partial charge is 0.332 e. The molecule has 1 aromatic rings. The van der Waals surface area contributed by atoms with E-state index in [4.69, 9.17) is 21.6 Å². The molecule has 0 unspecified atom stereocenters. The minimum absolute atomic E-state index is 0.0126. The SMILES string of the molecule is Cc1nn([C@H]2CCS(=O)(=O)C2)c(Cl)c1/C=C/C(=O)O[C@H](C)C#N. The summed E-state index contributed by atoms with van der Waals surface area (Å²) in [7, 11) is -3.05. The Morgan fingerprint density at radius 3 is 2.87 bits per heavy atom. The molecule has 23 heavy (non-hydrogen) atoms. The van der Waals surface area contributed by atoms with E-state index in [2.05, 4.69) is 5.10 Å². The molecule has 2 rings (SSSR count).